The van der Waals surface area contributed by atoms with Gasteiger partial charge in [-0.1, -0.05) is 11.8 Å². The van der Waals surface area contributed by atoms with Crippen molar-refractivity contribution in [3.63, 3.8) is 0 Å². The first-order valence-corrected chi connectivity index (χ1v) is 9.05. The molecule has 1 N–H and O–H groups in total. The number of methoxy groups -OCH3 is 2. The minimum Gasteiger partial charge on any atom is -0.465 e. The normalized spacial score (nSPS) is 10.0. The first kappa shape index (κ1) is 20.1. The van der Waals surface area contributed by atoms with Crippen molar-refractivity contribution >= 4 is 11.7 Å². The van der Waals surface area contributed by atoms with Crippen LogP contribution in [0.5, 0.6) is 0 Å². The summed E-state index contributed by atoms with van der Waals surface area (Å²) in [6, 6.07) is 12.9. The summed E-state index contributed by atoms with van der Waals surface area (Å²) in [7, 11) is 3.00. The highest BCUT2D eigenvalue weighted by Gasteiger charge is 2.17. The van der Waals surface area contributed by atoms with Gasteiger partial charge in [0.1, 0.15) is 0 Å². The number of benzene rings is 1. The highest BCUT2D eigenvalue weighted by atomic mass is 16.5. The van der Waals surface area contributed by atoms with Gasteiger partial charge in [0.05, 0.1) is 25.0 Å². The van der Waals surface area contributed by atoms with Crippen molar-refractivity contribution in [1.29, 1.82) is 0 Å². The maximum Gasteiger partial charge on any atom is 0.340 e. The average Bonchev–Trinajstić information content (AvgIpc) is 2.78. The van der Waals surface area contributed by atoms with Crippen molar-refractivity contribution < 1.29 is 14.3 Å². The molecule has 6 heteroatoms. The Labute approximate surface area is 169 Å². The van der Waals surface area contributed by atoms with Gasteiger partial charge in [0.25, 0.3) is 0 Å². The Morgan fingerprint density at radius 2 is 1.90 bits per heavy atom. The van der Waals surface area contributed by atoms with E-state index >= 15 is 0 Å². The maximum absolute atomic E-state index is 12.2. The summed E-state index contributed by atoms with van der Waals surface area (Å²) in [5.74, 6) is 5.81. The van der Waals surface area contributed by atoms with E-state index in [9.17, 15) is 4.79 Å². The molecule has 0 saturated heterocycles. The van der Waals surface area contributed by atoms with Crippen LogP contribution in [0.3, 0.4) is 0 Å². The Balaban J connectivity index is 2.01. The SMILES string of the molecule is COCCNc1cc(C#Cc2cccnc2)ccc1-c1ncccc1C(=O)OC. The molecule has 0 atom stereocenters. The molecule has 1 aromatic carbocycles. The number of hydrogen-bond donors (Lipinski definition) is 1. The lowest BCUT2D eigenvalue weighted by Crippen LogP contribution is -2.10. The largest absolute Gasteiger partial charge is 0.465 e. The van der Waals surface area contributed by atoms with Gasteiger partial charge in [-0.2, -0.15) is 0 Å². The Morgan fingerprint density at radius 3 is 2.66 bits per heavy atom. The Morgan fingerprint density at radius 1 is 1.07 bits per heavy atom. The van der Waals surface area contributed by atoms with Crippen LogP contribution in [0, 0.1) is 11.8 Å². The van der Waals surface area contributed by atoms with Gasteiger partial charge in [0.2, 0.25) is 0 Å². The second kappa shape index (κ2) is 10.0. The van der Waals surface area contributed by atoms with E-state index in [2.05, 4.69) is 27.1 Å². The quantitative estimate of drug-likeness (QED) is 0.397. The molecule has 29 heavy (non-hydrogen) atoms. The van der Waals surface area contributed by atoms with Crippen LogP contribution in [-0.2, 0) is 9.47 Å². The number of ether oxygens (including phenoxy) is 2. The molecule has 0 aliphatic heterocycles. The second-order valence-corrected chi connectivity index (χ2v) is 6.06. The summed E-state index contributed by atoms with van der Waals surface area (Å²) in [6.07, 6.45) is 5.08. The number of aromatic nitrogens is 2. The van der Waals surface area contributed by atoms with Crippen LogP contribution < -0.4 is 5.32 Å². The fraction of sp³-hybridized carbons (Fsp3) is 0.174. The number of anilines is 1. The van der Waals surface area contributed by atoms with Gasteiger partial charge in [-0.3, -0.25) is 9.97 Å². The van der Waals surface area contributed by atoms with Gasteiger partial charge < -0.3 is 14.8 Å². The first-order chi connectivity index (χ1) is 14.2. The molecule has 2 heterocycles. The maximum atomic E-state index is 12.2. The first-order valence-electron chi connectivity index (χ1n) is 9.05. The van der Waals surface area contributed by atoms with Gasteiger partial charge in [-0.15, -0.1) is 0 Å². The highest BCUT2D eigenvalue weighted by molar-refractivity contribution is 5.98. The molecule has 0 bridgehead atoms. The van der Waals surface area contributed by atoms with Crippen LogP contribution in [-0.4, -0.2) is 43.3 Å². The van der Waals surface area contributed by atoms with Gasteiger partial charge in [0, 0.05) is 54.6 Å². The molecule has 3 aromatic rings. The predicted molar refractivity (Wildman–Crippen MR) is 112 cm³/mol. The number of hydrogen-bond acceptors (Lipinski definition) is 6. The second-order valence-electron chi connectivity index (χ2n) is 6.06. The molecule has 6 nitrogen and oxygen atoms in total. The van der Waals surface area contributed by atoms with E-state index in [4.69, 9.17) is 9.47 Å². The molecule has 3 rings (SSSR count). The van der Waals surface area contributed by atoms with Gasteiger partial charge in [0.15, 0.2) is 0 Å². The molecule has 0 spiro atoms. The summed E-state index contributed by atoms with van der Waals surface area (Å²) in [4.78, 5) is 20.7. The number of carbonyl (C=O) groups is 1. The van der Waals surface area contributed by atoms with E-state index in [-0.39, 0.29) is 0 Å². The lowest BCUT2D eigenvalue weighted by atomic mass is 10.0. The van der Waals surface area contributed by atoms with Crippen molar-refractivity contribution in [3.05, 3.63) is 77.7 Å². The fourth-order valence-electron chi connectivity index (χ4n) is 2.74. The van der Waals surface area contributed by atoms with Gasteiger partial charge in [-0.05, 0) is 42.5 Å². The number of rotatable bonds is 6. The average molecular weight is 387 g/mol. The fourth-order valence-corrected chi connectivity index (χ4v) is 2.74. The van der Waals surface area contributed by atoms with E-state index in [1.807, 2.05) is 30.3 Å². The van der Waals surface area contributed by atoms with Crippen LogP contribution in [0.1, 0.15) is 21.5 Å². The lowest BCUT2D eigenvalue weighted by molar-refractivity contribution is 0.0601. The van der Waals surface area contributed by atoms with Crippen LogP contribution in [0.15, 0.2) is 61.1 Å². The molecule has 0 radical (unpaired) electrons. The Bertz CT molecular complexity index is 1040. The highest BCUT2D eigenvalue weighted by Crippen LogP contribution is 2.30. The molecule has 0 saturated carbocycles. The molecule has 0 fully saturated rings. The van der Waals surface area contributed by atoms with Crippen LogP contribution in [0.4, 0.5) is 5.69 Å². The molecule has 0 aliphatic rings. The van der Waals surface area contributed by atoms with Crippen LogP contribution >= 0.6 is 0 Å². The van der Waals surface area contributed by atoms with Crippen molar-refractivity contribution in [2.45, 2.75) is 0 Å². The molecule has 0 amide bonds. The van der Waals surface area contributed by atoms with E-state index in [1.54, 1.807) is 37.8 Å². The van der Waals surface area contributed by atoms with E-state index in [0.717, 1.165) is 22.4 Å². The van der Waals surface area contributed by atoms with Crippen molar-refractivity contribution in [3.8, 4) is 23.1 Å². The zero-order valence-corrected chi connectivity index (χ0v) is 16.3. The summed E-state index contributed by atoms with van der Waals surface area (Å²) in [5, 5.41) is 3.34. The summed E-state index contributed by atoms with van der Waals surface area (Å²) >= 11 is 0. The van der Waals surface area contributed by atoms with Gasteiger partial charge in [-0.25, -0.2) is 4.79 Å². The molecule has 2 aromatic heterocycles. The third kappa shape index (κ3) is 5.18. The Kier molecular flexibility index (Phi) is 6.93. The Hall–Kier alpha value is -3.69. The van der Waals surface area contributed by atoms with Gasteiger partial charge >= 0.3 is 5.97 Å². The van der Waals surface area contributed by atoms with Crippen molar-refractivity contribution in [2.24, 2.45) is 0 Å². The number of carbonyl (C=O) groups excluding carboxylic acids is 1. The molecule has 0 aliphatic carbocycles. The lowest BCUT2D eigenvalue weighted by Gasteiger charge is -2.14. The van der Waals surface area contributed by atoms with E-state index < -0.39 is 5.97 Å². The van der Waals surface area contributed by atoms with E-state index in [0.29, 0.717) is 24.4 Å². The minimum absolute atomic E-state index is 0.402. The zero-order chi connectivity index (χ0) is 20.5. The molecule has 0 unspecified atom stereocenters. The monoisotopic (exact) mass is 387 g/mol. The summed E-state index contributed by atoms with van der Waals surface area (Å²) in [5.41, 5.74) is 4.21. The predicted octanol–water partition coefficient (Wildman–Crippen LogP) is 3.39. The smallest absolute Gasteiger partial charge is 0.340 e. The molecular formula is C23H21N3O3. The zero-order valence-electron chi connectivity index (χ0n) is 16.3. The number of pyridine rings is 2. The minimum atomic E-state index is -0.434. The molecule has 146 valence electrons. The van der Waals surface area contributed by atoms with Crippen molar-refractivity contribution in [2.75, 3.05) is 32.7 Å². The standard InChI is InChI=1S/C23H21N3O3/c1-28-14-13-25-21-15-17(7-8-18-5-3-11-24-16-18)9-10-19(21)22-20(23(27)29-2)6-4-12-26-22/h3-6,9-12,15-16,25H,13-14H2,1-2H3. The van der Waals surface area contributed by atoms with Crippen molar-refractivity contribution in [1.82, 2.24) is 9.97 Å². The topological polar surface area (TPSA) is 73.3 Å². The third-order valence-electron chi connectivity index (χ3n) is 4.12. The number of nitrogens with one attached hydrogen (secondary N) is 1. The number of nitrogens with zero attached hydrogens (tertiary/aromatic N) is 2. The van der Waals surface area contributed by atoms with Crippen LogP contribution in [0.25, 0.3) is 11.3 Å². The summed E-state index contributed by atoms with van der Waals surface area (Å²) in [6.45, 7) is 1.14. The third-order valence-corrected chi connectivity index (χ3v) is 4.12. The van der Waals surface area contributed by atoms with E-state index in [1.165, 1.54) is 7.11 Å². The molecular weight excluding hydrogens is 366 g/mol. The number of esters is 1. The van der Waals surface area contributed by atoms with Crippen LogP contribution in [0.2, 0.25) is 0 Å². The summed E-state index contributed by atoms with van der Waals surface area (Å²) < 4.78 is 10.0.